The maximum absolute atomic E-state index is 11.4. The van der Waals surface area contributed by atoms with Gasteiger partial charge in [0.05, 0.1) is 0 Å². The molecule has 1 rings (SSSR count). The molecular weight excluding hydrogens is 208 g/mol. The van der Waals surface area contributed by atoms with Crippen molar-refractivity contribution in [2.75, 3.05) is 6.54 Å². The minimum atomic E-state index is -0.165. The Hall–Kier alpha value is -1.39. The Morgan fingerprint density at radius 2 is 1.94 bits per heavy atom. The Kier molecular flexibility index (Phi) is 4.46. The van der Waals surface area contributed by atoms with Gasteiger partial charge >= 0.3 is 0 Å². The summed E-state index contributed by atoms with van der Waals surface area (Å²) in [6.45, 7) is 4.11. The number of carbonyl (C=O) groups is 3. The van der Waals surface area contributed by atoms with Gasteiger partial charge in [0.15, 0.2) is 0 Å². The van der Waals surface area contributed by atoms with E-state index in [4.69, 9.17) is 0 Å². The molecule has 16 heavy (non-hydrogen) atoms. The smallest absolute Gasteiger partial charge is 0.229 e. The molecule has 1 saturated heterocycles. The topological polar surface area (TPSA) is 66.5 Å². The largest absolute Gasteiger partial charge is 0.354 e. The fraction of sp³-hybridized carbons (Fsp3) is 0.727. The molecule has 0 aromatic heterocycles. The van der Waals surface area contributed by atoms with Crippen LogP contribution in [0.1, 0.15) is 39.5 Å². The van der Waals surface area contributed by atoms with E-state index >= 15 is 0 Å². The number of nitrogens with one attached hydrogen (secondary N) is 1. The molecule has 1 heterocycles. The van der Waals surface area contributed by atoms with Crippen LogP contribution in [0.5, 0.6) is 0 Å². The molecule has 0 bridgehead atoms. The summed E-state index contributed by atoms with van der Waals surface area (Å²) in [6, 6.07) is 0.137. The highest BCUT2D eigenvalue weighted by atomic mass is 16.2. The van der Waals surface area contributed by atoms with Crippen LogP contribution in [0.25, 0.3) is 0 Å². The molecule has 0 radical (unpaired) electrons. The predicted octanol–water partition coefficient (Wildman–Crippen LogP) is 0.440. The summed E-state index contributed by atoms with van der Waals surface area (Å²) in [5.41, 5.74) is 0. The van der Waals surface area contributed by atoms with Gasteiger partial charge in [-0.3, -0.25) is 19.3 Å². The third-order valence-corrected chi connectivity index (χ3v) is 2.74. The summed E-state index contributed by atoms with van der Waals surface area (Å²) in [7, 11) is 0. The van der Waals surface area contributed by atoms with Crippen molar-refractivity contribution in [2.45, 2.75) is 45.6 Å². The van der Waals surface area contributed by atoms with E-state index in [0.717, 1.165) is 6.42 Å². The normalized spacial score (nSPS) is 17.8. The van der Waals surface area contributed by atoms with Crippen molar-refractivity contribution in [1.29, 1.82) is 0 Å². The summed E-state index contributed by atoms with van der Waals surface area (Å²) < 4.78 is 0. The van der Waals surface area contributed by atoms with Gasteiger partial charge in [-0.1, -0.05) is 6.92 Å². The van der Waals surface area contributed by atoms with Crippen molar-refractivity contribution >= 4 is 17.7 Å². The van der Waals surface area contributed by atoms with Crippen LogP contribution in [0, 0.1) is 0 Å². The van der Waals surface area contributed by atoms with E-state index in [2.05, 4.69) is 5.32 Å². The minimum Gasteiger partial charge on any atom is -0.354 e. The number of hydrogen-bond acceptors (Lipinski definition) is 3. The molecule has 0 aliphatic carbocycles. The van der Waals surface area contributed by atoms with Crippen LogP contribution in [0.15, 0.2) is 0 Å². The van der Waals surface area contributed by atoms with Crippen LogP contribution >= 0.6 is 0 Å². The van der Waals surface area contributed by atoms with Crippen LogP contribution in [-0.4, -0.2) is 35.2 Å². The first-order valence-electron chi connectivity index (χ1n) is 5.67. The van der Waals surface area contributed by atoms with Crippen LogP contribution in [-0.2, 0) is 14.4 Å². The molecule has 0 saturated carbocycles. The fourth-order valence-electron chi connectivity index (χ4n) is 1.53. The lowest BCUT2D eigenvalue weighted by molar-refractivity contribution is -0.138. The number of rotatable bonds is 5. The Morgan fingerprint density at radius 1 is 1.38 bits per heavy atom. The molecule has 5 nitrogen and oxygen atoms in total. The first-order chi connectivity index (χ1) is 7.54. The lowest BCUT2D eigenvalue weighted by Crippen LogP contribution is -2.37. The molecule has 0 spiro atoms. The summed E-state index contributed by atoms with van der Waals surface area (Å²) in [4.78, 5) is 35.1. The van der Waals surface area contributed by atoms with E-state index in [1.165, 1.54) is 4.90 Å². The lowest BCUT2D eigenvalue weighted by Gasteiger charge is -2.15. The summed E-state index contributed by atoms with van der Waals surface area (Å²) in [6.07, 6.45) is 1.63. The second-order valence-corrected chi connectivity index (χ2v) is 4.07. The van der Waals surface area contributed by atoms with Gasteiger partial charge < -0.3 is 5.32 Å². The van der Waals surface area contributed by atoms with E-state index in [9.17, 15) is 14.4 Å². The molecule has 1 aliphatic rings. The number of imide groups is 1. The Morgan fingerprint density at radius 3 is 2.44 bits per heavy atom. The van der Waals surface area contributed by atoms with Crippen LogP contribution in [0.4, 0.5) is 0 Å². The Labute approximate surface area is 95.2 Å². The third kappa shape index (κ3) is 3.32. The van der Waals surface area contributed by atoms with E-state index in [1.54, 1.807) is 0 Å². The second kappa shape index (κ2) is 5.63. The van der Waals surface area contributed by atoms with Crippen LogP contribution < -0.4 is 5.32 Å². The van der Waals surface area contributed by atoms with E-state index in [1.807, 2.05) is 13.8 Å². The van der Waals surface area contributed by atoms with Gasteiger partial charge in [0, 0.05) is 31.8 Å². The zero-order valence-corrected chi connectivity index (χ0v) is 9.78. The number of nitrogens with zero attached hydrogens (tertiary/aromatic N) is 1. The minimum absolute atomic E-state index is 0.109. The number of amides is 3. The summed E-state index contributed by atoms with van der Waals surface area (Å²) in [5.74, 6) is -0.440. The number of carbonyl (C=O) groups excluding carboxylic acids is 3. The van der Waals surface area contributed by atoms with Crippen molar-refractivity contribution in [2.24, 2.45) is 0 Å². The highest BCUT2D eigenvalue weighted by Crippen LogP contribution is 2.11. The fourth-order valence-corrected chi connectivity index (χ4v) is 1.53. The third-order valence-electron chi connectivity index (χ3n) is 2.74. The van der Waals surface area contributed by atoms with Gasteiger partial charge in [0.25, 0.3) is 0 Å². The van der Waals surface area contributed by atoms with Gasteiger partial charge in [-0.2, -0.15) is 0 Å². The van der Waals surface area contributed by atoms with Crippen molar-refractivity contribution in [3.63, 3.8) is 0 Å². The molecule has 1 fully saturated rings. The molecule has 0 unspecified atom stereocenters. The second-order valence-electron chi connectivity index (χ2n) is 4.07. The van der Waals surface area contributed by atoms with Gasteiger partial charge in [-0.25, -0.2) is 0 Å². The Balaban J connectivity index is 2.31. The number of likely N-dealkylation sites (tertiary alicyclic amines) is 1. The standard InChI is InChI=1S/C11H18N2O3/c1-3-8(2)12-9(14)6-7-13-10(15)4-5-11(13)16/h8H,3-7H2,1-2H3,(H,12,14)/t8-/m1/s1. The summed E-state index contributed by atoms with van der Waals surface area (Å²) in [5, 5.41) is 2.79. The molecular formula is C11H18N2O3. The van der Waals surface area contributed by atoms with Crippen molar-refractivity contribution < 1.29 is 14.4 Å². The predicted molar refractivity (Wildman–Crippen MR) is 58.5 cm³/mol. The van der Waals surface area contributed by atoms with Crippen LogP contribution in [0.3, 0.4) is 0 Å². The Bertz CT molecular complexity index is 286. The zero-order chi connectivity index (χ0) is 12.1. The van der Waals surface area contributed by atoms with E-state index < -0.39 is 0 Å². The molecule has 1 aliphatic heterocycles. The van der Waals surface area contributed by atoms with Crippen molar-refractivity contribution in [1.82, 2.24) is 10.2 Å². The van der Waals surface area contributed by atoms with Gasteiger partial charge in [0.2, 0.25) is 17.7 Å². The van der Waals surface area contributed by atoms with Gasteiger partial charge in [0.1, 0.15) is 0 Å². The van der Waals surface area contributed by atoms with Crippen molar-refractivity contribution in [3.05, 3.63) is 0 Å². The molecule has 0 aromatic rings. The monoisotopic (exact) mass is 226 g/mol. The first kappa shape index (κ1) is 12.7. The maximum Gasteiger partial charge on any atom is 0.229 e. The first-order valence-corrected chi connectivity index (χ1v) is 5.67. The summed E-state index contributed by atoms with van der Waals surface area (Å²) >= 11 is 0. The maximum atomic E-state index is 11.4. The quantitative estimate of drug-likeness (QED) is 0.692. The van der Waals surface area contributed by atoms with E-state index in [0.29, 0.717) is 0 Å². The molecule has 1 N–H and O–H groups in total. The SMILES string of the molecule is CC[C@@H](C)NC(=O)CCN1C(=O)CCC1=O. The van der Waals surface area contributed by atoms with Crippen LogP contribution in [0.2, 0.25) is 0 Å². The van der Waals surface area contributed by atoms with Crippen molar-refractivity contribution in [3.8, 4) is 0 Å². The average molecular weight is 226 g/mol. The van der Waals surface area contributed by atoms with Gasteiger partial charge in [-0.05, 0) is 13.3 Å². The molecule has 90 valence electrons. The lowest BCUT2D eigenvalue weighted by atomic mass is 10.2. The average Bonchev–Trinajstić information content (AvgIpc) is 2.56. The molecule has 0 aromatic carbocycles. The highest BCUT2D eigenvalue weighted by molar-refractivity contribution is 6.02. The molecule has 1 atom stereocenters. The molecule has 5 heteroatoms. The van der Waals surface area contributed by atoms with E-state index in [-0.39, 0.29) is 49.6 Å². The molecule has 3 amide bonds. The van der Waals surface area contributed by atoms with Gasteiger partial charge in [-0.15, -0.1) is 0 Å². The number of hydrogen-bond donors (Lipinski definition) is 1. The zero-order valence-electron chi connectivity index (χ0n) is 9.78. The highest BCUT2D eigenvalue weighted by Gasteiger charge is 2.28.